The van der Waals surface area contributed by atoms with Crippen LogP contribution >= 0.6 is 0 Å². The highest BCUT2D eigenvalue weighted by molar-refractivity contribution is 5.95. The Morgan fingerprint density at radius 1 is 1.18 bits per heavy atom. The number of carbonyl (C=O) groups is 1. The summed E-state index contributed by atoms with van der Waals surface area (Å²) in [5, 5.41) is 3.42. The van der Waals surface area contributed by atoms with Crippen LogP contribution in [-0.4, -0.2) is 30.5 Å². The molecule has 118 valence electrons. The summed E-state index contributed by atoms with van der Waals surface area (Å²) in [7, 11) is 3.90. The number of carbonyl (C=O) groups excluding carboxylic acids is 1. The van der Waals surface area contributed by atoms with Crippen LogP contribution in [0.25, 0.3) is 0 Å². The summed E-state index contributed by atoms with van der Waals surface area (Å²) in [5.41, 5.74) is 0.808. The van der Waals surface area contributed by atoms with E-state index in [1.165, 1.54) is 38.5 Å². The van der Waals surface area contributed by atoms with Crippen LogP contribution in [0.3, 0.4) is 0 Å². The van der Waals surface area contributed by atoms with E-state index in [-0.39, 0.29) is 11.4 Å². The first kappa shape index (κ1) is 14.0. The average Bonchev–Trinajstić information content (AvgIpc) is 2.45. The van der Waals surface area contributed by atoms with Crippen LogP contribution in [0, 0.1) is 17.8 Å². The SMILES string of the molecule is CN(C)c1cc(C(=O)NC23CC4CC(CC(C4)C2)C3)ccn1. The van der Waals surface area contributed by atoms with Crippen LogP contribution in [0.4, 0.5) is 5.82 Å². The molecule has 1 aromatic heterocycles. The van der Waals surface area contributed by atoms with Crippen molar-refractivity contribution in [2.75, 3.05) is 19.0 Å². The van der Waals surface area contributed by atoms with Crippen molar-refractivity contribution in [3.8, 4) is 0 Å². The molecule has 0 atom stereocenters. The van der Waals surface area contributed by atoms with E-state index in [9.17, 15) is 4.79 Å². The molecule has 4 fully saturated rings. The van der Waals surface area contributed by atoms with E-state index in [1.807, 2.05) is 31.1 Å². The van der Waals surface area contributed by atoms with Crippen LogP contribution < -0.4 is 10.2 Å². The van der Waals surface area contributed by atoms with E-state index >= 15 is 0 Å². The Kier molecular flexibility index (Phi) is 3.17. The number of aromatic nitrogens is 1. The van der Waals surface area contributed by atoms with Crippen molar-refractivity contribution in [2.24, 2.45) is 17.8 Å². The highest BCUT2D eigenvalue weighted by Crippen LogP contribution is 2.55. The molecule has 22 heavy (non-hydrogen) atoms. The van der Waals surface area contributed by atoms with E-state index < -0.39 is 0 Å². The number of nitrogens with one attached hydrogen (secondary N) is 1. The molecule has 4 saturated carbocycles. The molecule has 0 aliphatic heterocycles. The molecular formula is C18H25N3O. The molecule has 1 aromatic rings. The Labute approximate surface area is 132 Å². The summed E-state index contributed by atoms with van der Waals surface area (Å²) in [6.45, 7) is 0. The number of rotatable bonds is 3. The molecule has 1 N–H and O–H groups in total. The summed E-state index contributed by atoms with van der Waals surface area (Å²) in [6.07, 6.45) is 9.49. The molecule has 0 aromatic carbocycles. The minimum atomic E-state index is 0.0763. The fraction of sp³-hybridized carbons (Fsp3) is 0.667. The van der Waals surface area contributed by atoms with Crippen molar-refractivity contribution in [3.63, 3.8) is 0 Å². The highest BCUT2D eigenvalue weighted by Gasteiger charge is 2.51. The molecule has 4 heteroatoms. The van der Waals surface area contributed by atoms with Crippen molar-refractivity contribution in [1.29, 1.82) is 0 Å². The standard InChI is InChI=1S/C18H25N3O/c1-21(2)16-8-15(3-4-19-16)17(22)20-18-9-12-5-13(10-18)7-14(6-12)11-18/h3-4,8,12-14H,5-7,9-11H2,1-2H3,(H,20,22). The third-order valence-electron chi connectivity index (χ3n) is 5.88. The number of hydrogen-bond acceptors (Lipinski definition) is 3. The van der Waals surface area contributed by atoms with Gasteiger partial charge in [-0.05, 0) is 68.4 Å². The second-order valence-corrected chi connectivity index (χ2v) is 7.95. The van der Waals surface area contributed by atoms with Gasteiger partial charge in [0.1, 0.15) is 5.82 Å². The molecule has 1 heterocycles. The first-order chi connectivity index (χ1) is 10.5. The van der Waals surface area contributed by atoms with Gasteiger partial charge < -0.3 is 10.2 Å². The van der Waals surface area contributed by atoms with Gasteiger partial charge in [0.2, 0.25) is 0 Å². The Morgan fingerprint density at radius 2 is 1.77 bits per heavy atom. The fourth-order valence-corrected chi connectivity index (χ4v) is 5.38. The van der Waals surface area contributed by atoms with E-state index in [1.54, 1.807) is 6.20 Å². The number of amides is 1. The van der Waals surface area contributed by atoms with Gasteiger partial charge >= 0.3 is 0 Å². The first-order valence-corrected chi connectivity index (χ1v) is 8.49. The Balaban J connectivity index is 1.53. The Morgan fingerprint density at radius 3 is 2.32 bits per heavy atom. The van der Waals surface area contributed by atoms with Crippen LogP contribution in [0.1, 0.15) is 48.9 Å². The van der Waals surface area contributed by atoms with Crippen molar-refractivity contribution < 1.29 is 4.79 Å². The maximum atomic E-state index is 12.7. The van der Waals surface area contributed by atoms with Crippen molar-refractivity contribution in [2.45, 2.75) is 44.1 Å². The van der Waals surface area contributed by atoms with Crippen molar-refractivity contribution in [1.82, 2.24) is 10.3 Å². The quantitative estimate of drug-likeness (QED) is 0.933. The fourth-order valence-electron chi connectivity index (χ4n) is 5.38. The second kappa shape index (κ2) is 4.97. The van der Waals surface area contributed by atoms with Gasteiger partial charge in [-0.25, -0.2) is 4.98 Å². The lowest BCUT2D eigenvalue weighted by atomic mass is 9.53. The van der Waals surface area contributed by atoms with Gasteiger partial charge in [0.05, 0.1) is 0 Å². The van der Waals surface area contributed by atoms with Crippen LogP contribution in [0.15, 0.2) is 18.3 Å². The van der Waals surface area contributed by atoms with Gasteiger partial charge in [-0.3, -0.25) is 4.79 Å². The van der Waals surface area contributed by atoms with E-state index in [0.717, 1.165) is 29.1 Å². The topological polar surface area (TPSA) is 45.2 Å². The zero-order valence-corrected chi connectivity index (χ0v) is 13.5. The maximum Gasteiger partial charge on any atom is 0.251 e. The van der Waals surface area contributed by atoms with Crippen LogP contribution in [-0.2, 0) is 0 Å². The molecule has 4 aliphatic carbocycles. The predicted octanol–water partition coefficient (Wildman–Crippen LogP) is 2.85. The molecule has 0 unspecified atom stereocenters. The Hall–Kier alpha value is -1.58. The first-order valence-electron chi connectivity index (χ1n) is 8.49. The molecule has 5 rings (SSSR count). The molecule has 4 bridgehead atoms. The molecule has 0 saturated heterocycles. The molecule has 0 spiro atoms. The van der Waals surface area contributed by atoms with Gasteiger partial charge in [-0.1, -0.05) is 0 Å². The van der Waals surface area contributed by atoms with Crippen LogP contribution in [0.5, 0.6) is 0 Å². The molecular weight excluding hydrogens is 274 g/mol. The zero-order chi connectivity index (χ0) is 15.3. The lowest BCUT2D eigenvalue weighted by Gasteiger charge is -2.56. The summed E-state index contributed by atoms with van der Waals surface area (Å²) < 4.78 is 0. The average molecular weight is 299 g/mol. The van der Waals surface area contributed by atoms with Crippen molar-refractivity contribution >= 4 is 11.7 Å². The smallest absolute Gasteiger partial charge is 0.251 e. The third kappa shape index (κ3) is 2.38. The number of hydrogen-bond donors (Lipinski definition) is 1. The maximum absolute atomic E-state index is 12.7. The van der Waals surface area contributed by atoms with Crippen molar-refractivity contribution in [3.05, 3.63) is 23.9 Å². The monoisotopic (exact) mass is 299 g/mol. The molecule has 4 nitrogen and oxygen atoms in total. The number of anilines is 1. The third-order valence-corrected chi connectivity index (χ3v) is 5.88. The summed E-state index contributed by atoms with van der Waals surface area (Å²) in [4.78, 5) is 19.0. The van der Waals surface area contributed by atoms with Gasteiger partial charge in [-0.2, -0.15) is 0 Å². The van der Waals surface area contributed by atoms with E-state index in [0.29, 0.717) is 0 Å². The van der Waals surface area contributed by atoms with Gasteiger partial charge in [0, 0.05) is 31.4 Å². The Bertz CT molecular complexity index is 560. The predicted molar refractivity (Wildman–Crippen MR) is 86.9 cm³/mol. The molecule has 0 radical (unpaired) electrons. The minimum Gasteiger partial charge on any atom is -0.363 e. The summed E-state index contributed by atoms with van der Waals surface area (Å²) in [6, 6.07) is 3.71. The summed E-state index contributed by atoms with van der Waals surface area (Å²) >= 11 is 0. The number of nitrogens with zero attached hydrogens (tertiary/aromatic N) is 2. The zero-order valence-electron chi connectivity index (χ0n) is 13.5. The van der Waals surface area contributed by atoms with E-state index in [2.05, 4.69) is 10.3 Å². The lowest BCUT2D eigenvalue weighted by Crippen LogP contribution is -2.59. The summed E-state index contributed by atoms with van der Waals surface area (Å²) in [5.74, 6) is 3.45. The van der Waals surface area contributed by atoms with Crippen LogP contribution in [0.2, 0.25) is 0 Å². The molecule has 1 amide bonds. The second-order valence-electron chi connectivity index (χ2n) is 7.95. The normalized spacial score (nSPS) is 35.5. The van der Waals surface area contributed by atoms with Gasteiger partial charge in [0.25, 0.3) is 5.91 Å². The van der Waals surface area contributed by atoms with Gasteiger partial charge in [-0.15, -0.1) is 0 Å². The highest BCUT2D eigenvalue weighted by atomic mass is 16.1. The lowest BCUT2D eigenvalue weighted by molar-refractivity contribution is -0.0167. The van der Waals surface area contributed by atoms with Gasteiger partial charge in [0.15, 0.2) is 0 Å². The minimum absolute atomic E-state index is 0.0763. The number of pyridine rings is 1. The largest absolute Gasteiger partial charge is 0.363 e. The molecule has 4 aliphatic rings. The van der Waals surface area contributed by atoms with E-state index in [4.69, 9.17) is 0 Å².